The van der Waals surface area contributed by atoms with Crippen molar-refractivity contribution in [3.63, 3.8) is 0 Å². The molecule has 0 bridgehead atoms. The minimum absolute atomic E-state index is 0.0846. The number of carbonyl (C=O) groups is 1. The second-order valence-corrected chi connectivity index (χ2v) is 8.45. The lowest BCUT2D eigenvalue weighted by molar-refractivity contribution is -0.193. The summed E-state index contributed by atoms with van der Waals surface area (Å²) in [6.45, 7) is 4.88. The number of rotatable bonds is 6. The number of phenols is 1. The van der Waals surface area contributed by atoms with Crippen LogP contribution in [0.1, 0.15) is 36.1 Å². The van der Waals surface area contributed by atoms with Crippen molar-refractivity contribution in [2.75, 3.05) is 6.54 Å². The van der Waals surface area contributed by atoms with Gasteiger partial charge in [0.05, 0.1) is 6.61 Å². The first-order valence-electron chi connectivity index (χ1n) is 10.9. The second kappa shape index (κ2) is 8.94. The predicted octanol–water partition coefficient (Wildman–Crippen LogP) is 5.05. The lowest BCUT2D eigenvalue weighted by Crippen LogP contribution is -2.57. The Hall–Kier alpha value is -3.11. The van der Waals surface area contributed by atoms with E-state index in [0.717, 1.165) is 23.1 Å². The maximum absolute atomic E-state index is 13.4. The third-order valence-corrected chi connectivity index (χ3v) is 5.94. The van der Waals surface area contributed by atoms with Gasteiger partial charge >= 0.3 is 0 Å². The standard InChI is InChI=1S/C27H29NO3/c1-20(2)26(30)28-17-16-23-10-6-7-11-25(23)27(28,18-21-12-14-24(29)15-13-21)31-19-22-8-4-3-5-9-22/h3-15,20,29H,16-19H2,1-2H3. The van der Waals surface area contributed by atoms with E-state index in [1.807, 2.05) is 73.3 Å². The topological polar surface area (TPSA) is 49.8 Å². The highest BCUT2D eigenvalue weighted by molar-refractivity contribution is 5.79. The second-order valence-electron chi connectivity index (χ2n) is 8.45. The van der Waals surface area contributed by atoms with E-state index in [9.17, 15) is 9.90 Å². The molecule has 160 valence electrons. The average molecular weight is 416 g/mol. The molecule has 0 aliphatic carbocycles. The van der Waals surface area contributed by atoms with Gasteiger partial charge in [-0.05, 0) is 35.2 Å². The Balaban J connectivity index is 1.83. The molecule has 3 aromatic carbocycles. The van der Waals surface area contributed by atoms with Gasteiger partial charge in [-0.15, -0.1) is 0 Å². The Labute approximate surface area is 184 Å². The van der Waals surface area contributed by atoms with Crippen molar-refractivity contribution in [1.29, 1.82) is 0 Å². The molecule has 4 nitrogen and oxygen atoms in total. The number of hydrogen-bond donors (Lipinski definition) is 1. The number of fused-ring (bicyclic) bond motifs is 1. The van der Waals surface area contributed by atoms with E-state index in [4.69, 9.17) is 4.74 Å². The van der Waals surface area contributed by atoms with Gasteiger partial charge in [0.2, 0.25) is 5.91 Å². The van der Waals surface area contributed by atoms with Crippen molar-refractivity contribution in [1.82, 2.24) is 4.90 Å². The molecule has 1 heterocycles. The molecule has 1 aliphatic heterocycles. The van der Waals surface area contributed by atoms with Crippen LogP contribution in [0.3, 0.4) is 0 Å². The molecule has 1 N–H and O–H groups in total. The highest BCUT2D eigenvalue weighted by Gasteiger charge is 2.46. The Kier molecular flexibility index (Phi) is 6.10. The van der Waals surface area contributed by atoms with Crippen LogP contribution in [0.2, 0.25) is 0 Å². The highest BCUT2D eigenvalue weighted by atomic mass is 16.5. The van der Waals surface area contributed by atoms with E-state index < -0.39 is 5.72 Å². The van der Waals surface area contributed by atoms with Crippen LogP contribution < -0.4 is 0 Å². The molecule has 3 aromatic rings. The van der Waals surface area contributed by atoms with Crippen LogP contribution in [0, 0.1) is 5.92 Å². The third kappa shape index (κ3) is 4.35. The van der Waals surface area contributed by atoms with Crippen LogP contribution in [0.5, 0.6) is 5.75 Å². The van der Waals surface area contributed by atoms with E-state index >= 15 is 0 Å². The maximum Gasteiger partial charge on any atom is 0.227 e. The number of benzene rings is 3. The van der Waals surface area contributed by atoms with Crippen LogP contribution in [0.15, 0.2) is 78.9 Å². The summed E-state index contributed by atoms with van der Waals surface area (Å²) in [5.74, 6) is 0.174. The summed E-state index contributed by atoms with van der Waals surface area (Å²) in [5, 5.41) is 9.75. The van der Waals surface area contributed by atoms with E-state index in [0.29, 0.717) is 19.6 Å². The minimum atomic E-state index is -0.914. The molecular formula is C27H29NO3. The van der Waals surface area contributed by atoms with Crippen molar-refractivity contribution < 1.29 is 14.6 Å². The Bertz CT molecular complexity index is 1030. The summed E-state index contributed by atoms with van der Waals surface area (Å²) in [4.78, 5) is 15.3. The van der Waals surface area contributed by atoms with E-state index in [1.165, 1.54) is 5.56 Å². The number of nitrogens with zero attached hydrogens (tertiary/aromatic N) is 1. The number of carbonyl (C=O) groups excluding carboxylic acids is 1. The van der Waals surface area contributed by atoms with Crippen LogP contribution in [0.4, 0.5) is 0 Å². The van der Waals surface area contributed by atoms with Crippen LogP contribution >= 0.6 is 0 Å². The van der Waals surface area contributed by atoms with Gasteiger partial charge in [-0.3, -0.25) is 4.79 Å². The normalized spacial score (nSPS) is 18.1. The molecule has 0 aromatic heterocycles. The number of amides is 1. The van der Waals surface area contributed by atoms with Crippen LogP contribution in [0.25, 0.3) is 0 Å². The van der Waals surface area contributed by atoms with E-state index in [-0.39, 0.29) is 17.6 Å². The highest BCUT2D eigenvalue weighted by Crippen LogP contribution is 2.41. The summed E-state index contributed by atoms with van der Waals surface area (Å²) in [5.41, 5.74) is 3.40. The zero-order valence-corrected chi connectivity index (χ0v) is 18.1. The first kappa shape index (κ1) is 21.1. The number of hydrogen-bond acceptors (Lipinski definition) is 3. The minimum Gasteiger partial charge on any atom is -0.508 e. The molecule has 4 rings (SSSR count). The molecule has 4 heteroatoms. The SMILES string of the molecule is CC(C)C(=O)N1CCc2ccccc2C1(Cc1ccc(O)cc1)OCc1ccccc1. The zero-order chi connectivity index (χ0) is 21.8. The lowest BCUT2D eigenvalue weighted by Gasteiger charge is -2.48. The Morgan fingerprint density at radius 1 is 0.968 bits per heavy atom. The van der Waals surface area contributed by atoms with Crippen molar-refractivity contribution in [2.45, 2.75) is 39.0 Å². The average Bonchev–Trinajstić information content (AvgIpc) is 2.80. The number of phenolic OH excluding ortho intramolecular Hbond substituents is 1. The summed E-state index contributed by atoms with van der Waals surface area (Å²) in [7, 11) is 0. The quantitative estimate of drug-likeness (QED) is 0.613. The fourth-order valence-electron chi connectivity index (χ4n) is 4.34. The van der Waals surface area contributed by atoms with Gasteiger partial charge in [-0.2, -0.15) is 0 Å². The Morgan fingerprint density at radius 2 is 1.65 bits per heavy atom. The van der Waals surface area contributed by atoms with Crippen molar-refractivity contribution in [2.24, 2.45) is 5.92 Å². The van der Waals surface area contributed by atoms with E-state index in [2.05, 4.69) is 12.1 Å². The van der Waals surface area contributed by atoms with Gasteiger partial charge < -0.3 is 14.7 Å². The first-order chi connectivity index (χ1) is 15.0. The van der Waals surface area contributed by atoms with Gasteiger partial charge in [0.25, 0.3) is 0 Å². The largest absolute Gasteiger partial charge is 0.508 e. The molecule has 0 radical (unpaired) electrons. The molecule has 0 saturated heterocycles. The molecule has 0 spiro atoms. The zero-order valence-electron chi connectivity index (χ0n) is 18.1. The molecule has 0 saturated carbocycles. The molecule has 1 amide bonds. The fraction of sp³-hybridized carbons (Fsp3) is 0.296. The summed E-state index contributed by atoms with van der Waals surface area (Å²) < 4.78 is 6.74. The molecule has 0 fully saturated rings. The van der Waals surface area contributed by atoms with E-state index in [1.54, 1.807) is 12.1 Å². The van der Waals surface area contributed by atoms with Crippen LogP contribution in [-0.2, 0) is 34.7 Å². The van der Waals surface area contributed by atoms with Gasteiger partial charge in [0, 0.05) is 24.4 Å². The Morgan fingerprint density at radius 3 is 2.35 bits per heavy atom. The smallest absolute Gasteiger partial charge is 0.227 e. The van der Waals surface area contributed by atoms with Gasteiger partial charge in [0.15, 0.2) is 5.72 Å². The molecule has 31 heavy (non-hydrogen) atoms. The third-order valence-electron chi connectivity index (χ3n) is 5.94. The predicted molar refractivity (Wildman–Crippen MR) is 121 cm³/mol. The molecular weight excluding hydrogens is 386 g/mol. The molecule has 1 unspecified atom stereocenters. The van der Waals surface area contributed by atoms with Crippen molar-refractivity contribution >= 4 is 5.91 Å². The molecule has 1 atom stereocenters. The van der Waals surface area contributed by atoms with Crippen molar-refractivity contribution in [3.05, 3.63) is 101 Å². The van der Waals surface area contributed by atoms with Gasteiger partial charge in [-0.1, -0.05) is 80.6 Å². The number of aromatic hydroxyl groups is 1. The molecule has 1 aliphatic rings. The fourth-order valence-corrected chi connectivity index (χ4v) is 4.34. The summed E-state index contributed by atoms with van der Waals surface area (Å²) in [6, 6.07) is 25.5. The maximum atomic E-state index is 13.4. The van der Waals surface area contributed by atoms with Crippen molar-refractivity contribution in [3.8, 4) is 5.75 Å². The van der Waals surface area contributed by atoms with Crippen LogP contribution in [-0.4, -0.2) is 22.5 Å². The summed E-state index contributed by atoms with van der Waals surface area (Å²) >= 11 is 0. The first-order valence-corrected chi connectivity index (χ1v) is 10.9. The number of ether oxygens (including phenoxy) is 1. The van der Waals surface area contributed by atoms with Gasteiger partial charge in [-0.25, -0.2) is 0 Å². The lowest BCUT2D eigenvalue weighted by atomic mass is 9.84. The summed E-state index contributed by atoms with van der Waals surface area (Å²) in [6.07, 6.45) is 1.32. The monoisotopic (exact) mass is 415 g/mol. The van der Waals surface area contributed by atoms with Gasteiger partial charge in [0.1, 0.15) is 5.75 Å².